The molecule has 0 N–H and O–H groups in total. The highest BCUT2D eigenvalue weighted by molar-refractivity contribution is 9.09. The SMILES string of the molecule is CC(Br)c1cn(Cc2cc(F)cc(F)c2)nn1. The third kappa shape index (κ3) is 3.09. The first-order valence-electron chi connectivity index (χ1n) is 5.03. The van der Waals surface area contributed by atoms with Gasteiger partial charge in [-0.2, -0.15) is 0 Å². The molecule has 0 saturated heterocycles. The maximum atomic E-state index is 13.0. The summed E-state index contributed by atoms with van der Waals surface area (Å²) in [7, 11) is 0. The molecule has 90 valence electrons. The molecule has 17 heavy (non-hydrogen) atoms. The molecule has 1 heterocycles. The lowest BCUT2D eigenvalue weighted by atomic mass is 10.2. The zero-order valence-corrected chi connectivity index (χ0v) is 10.7. The van der Waals surface area contributed by atoms with Crippen molar-refractivity contribution in [1.82, 2.24) is 15.0 Å². The Morgan fingerprint density at radius 3 is 2.47 bits per heavy atom. The predicted molar refractivity (Wildman–Crippen MR) is 62.8 cm³/mol. The smallest absolute Gasteiger partial charge is 0.126 e. The van der Waals surface area contributed by atoms with Gasteiger partial charge in [0.1, 0.15) is 11.6 Å². The van der Waals surface area contributed by atoms with Crippen LogP contribution in [0.15, 0.2) is 24.4 Å². The van der Waals surface area contributed by atoms with E-state index in [9.17, 15) is 8.78 Å². The second-order valence-electron chi connectivity index (χ2n) is 3.73. The molecule has 0 radical (unpaired) electrons. The molecule has 0 amide bonds. The van der Waals surface area contributed by atoms with Gasteiger partial charge in [0.15, 0.2) is 0 Å². The Bertz CT molecular complexity index is 505. The first kappa shape index (κ1) is 12.2. The van der Waals surface area contributed by atoms with Crippen LogP contribution in [-0.2, 0) is 6.54 Å². The second kappa shape index (κ2) is 4.91. The van der Waals surface area contributed by atoms with Crippen LogP contribution in [0.25, 0.3) is 0 Å². The number of benzene rings is 1. The van der Waals surface area contributed by atoms with Crippen LogP contribution in [0.5, 0.6) is 0 Å². The summed E-state index contributed by atoms with van der Waals surface area (Å²) in [5.41, 5.74) is 1.29. The molecule has 2 aromatic rings. The van der Waals surface area contributed by atoms with E-state index in [4.69, 9.17) is 0 Å². The molecule has 1 aromatic carbocycles. The van der Waals surface area contributed by atoms with Crippen molar-refractivity contribution in [3.8, 4) is 0 Å². The fourth-order valence-electron chi connectivity index (χ4n) is 1.46. The standard InChI is InChI=1S/C11H10BrF2N3/c1-7(12)11-6-17(16-15-11)5-8-2-9(13)4-10(14)3-8/h2-4,6-7H,5H2,1H3. The van der Waals surface area contributed by atoms with Crippen LogP contribution in [0, 0.1) is 11.6 Å². The molecular weight excluding hydrogens is 292 g/mol. The third-order valence-corrected chi connectivity index (χ3v) is 2.70. The molecule has 0 aliphatic heterocycles. The van der Waals surface area contributed by atoms with Crippen LogP contribution < -0.4 is 0 Å². The minimum atomic E-state index is -0.589. The number of rotatable bonds is 3. The minimum Gasteiger partial charge on any atom is -0.248 e. The summed E-state index contributed by atoms with van der Waals surface area (Å²) in [6.07, 6.45) is 1.74. The lowest BCUT2D eigenvalue weighted by Gasteiger charge is -2.01. The van der Waals surface area contributed by atoms with Crippen molar-refractivity contribution in [1.29, 1.82) is 0 Å². The number of halogens is 3. The molecule has 2 rings (SSSR count). The second-order valence-corrected chi connectivity index (χ2v) is 5.11. The van der Waals surface area contributed by atoms with E-state index in [2.05, 4.69) is 26.2 Å². The van der Waals surface area contributed by atoms with E-state index in [-0.39, 0.29) is 4.83 Å². The quantitative estimate of drug-likeness (QED) is 0.816. The Kier molecular flexibility index (Phi) is 3.51. The van der Waals surface area contributed by atoms with Crippen molar-refractivity contribution in [3.63, 3.8) is 0 Å². The molecule has 0 aliphatic rings. The van der Waals surface area contributed by atoms with Gasteiger partial charge in [0.25, 0.3) is 0 Å². The topological polar surface area (TPSA) is 30.7 Å². The van der Waals surface area contributed by atoms with Gasteiger partial charge in [-0.15, -0.1) is 5.10 Å². The summed E-state index contributed by atoms with van der Waals surface area (Å²) in [6, 6.07) is 3.40. The summed E-state index contributed by atoms with van der Waals surface area (Å²) in [4.78, 5) is 0.0977. The van der Waals surface area contributed by atoms with Crippen LogP contribution in [0.3, 0.4) is 0 Å². The van der Waals surface area contributed by atoms with Gasteiger partial charge in [-0.1, -0.05) is 21.1 Å². The predicted octanol–water partition coefficient (Wildman–Crippen LogP) is 3.06. The first-order chi connectivity index (χ1) is 8.04. The van der Waals surface area contributed by atoms with Gasteiger partial charge < -0.3 is 0 Å². The summed E-state index contributed by atoms with van der Waals surface area (Å²) in [5.74, 6) is -1.18. The molecule has 0 spiro atoms. The van der Waals surface area contributed by atoms with Gasteiger partial charge in [0.05, 0.1) is 17.1 Å². The molecular formula is C11H10BrF2N3. The Morgan fingerprint density at radius 1 is 1.29 bits per heavy atom. The van der Waals surface area contributed by atoms with Crippen LogP contribution >= 0.6 is 15.9 Å². The Morgan fingerprint density at radius 2 is 1.94 bits per heavy atom. The van der Waals surface area contributed by atoms with E-state index in [0.29, 0.717) is 12.1 Å². The van der Waals surface area contributed by atoms with Gasteiger partial charge in [-0.3, -0.25) is 0 Å². The van der Waals surface area contributed by atoms with Crippen molar-refractivity contribution >= 4 is 15.9 Å². The minimum absolute atomic E-state index is 0.0977. The maximum Gasteiger partial charge on any atom is 0.126 e. The van der Waals surface area contributed by atoms with E-state index in [1.54, 1.807) is 10.9 Å². The van der Waals surface area contributed by atoms with Crippen molar-refractivity contribution in [2.45, 2.75) is 18.3 Å². The fraction of sp³-hybridized carbons (Fsp3) is 0.273. The van der Waals surface area contributed by atoms with E-state index in [0.717, 1.165) is 11.8 Å². The van der Waals surface area contributed by atoms with E-state index >= 15 is 0 Å². The van der Waals surface area contributed by atoms with E-state index < -0.39 is 11.6 Å². The molecule has 3 nitrogen and oxygen atoms in total. The van der Waals surface area contributed by atoms with Crippen LogP contribution in [0.1, 0.15) is 23.0 Å². The highest BCUT2D eigenvalue weighted by atomic mass is 79.9. The average Bonchev–Trinajstić information content (AvgIpc) is 2.64. The Labute approximate surface area is 106 Å². The number of aromatic nitrogens is 3. The summed E-state index contributed by atoms with van der Waals surface area (Å²) < 4.78 is 27.5. The molecule has 1 atom stereocenters. The summed E-state index contributed by atoms with van der Waals surface area (Å²) >= 11 is 3.37. The highest BCUT2D eigenvalue weighted by Crippen LogP contribution is 2.18. The van der Waals surface area contributed by atoms with Crippen LogP contribution in [-0.4, -0.2) is 15.0 Å². The van der Waals surface area contributed by atoms with Gasteiger partial charge in [0.2, 0.25) is 0 Å². The van der Waals surface area contributed by atoms with Gasteiger partial charge in [-0.05, 0) is 24.6 Å². The van der Waals surface area contributed by atoms with E-state index in [1.807, 2.05) is 6.92 Å². The molecule has 0 fully saturated rings. The lowest BCUT2D eigenvalue weighted by Crippen LogP contribution is -2.01. The zero-order chi connectivity index (χ0) is 12.4. The summed E-state index contributed by atoms with van der Waals surface area (Å²) in [5, 5.41) is 7.82. The largest absolute Gasteiger partial charge is 0.248 e. The normalized spacial score (nSPS) is 12.7. The van der Waals surface area contributed by atoms with Crippen molar-refractivity contribution in [2.24, 2.45) is 0 Å². The molecule has 1 unspecified atom stereocenters. The van der Waals surface area contributed by atoms with Crippen LogP contribution in [0.2, 0.25) is 0 Å². The fourth-order valence-corrected chi connectivity index (χ4v) is 1.67. The van der Waals surface area contributed by atoms with E-state index in [1.165, 1.54) is 12.1 Å². The highest BCUT2D eigenvalue weighted by Gasteiger charge is 2.07. The Hall–Kier alpha value is -1.30. The monoisotopic (exact) mass is 301 g/mol. The van der Waals surface area contributed by atoms with Crippen molar-refractivity contribution in [2.75, 3.05) is 0 Å². The molecule has 0 saturated carbocycles. The van der Waals surface area contributed by atoms with Gasteiger partial charge in [0, 0.05) is 12.3 Å². The Balaban J connectivity index is 2.19. The van der Waals surface area contributed by atoms with Gasteiger partial charge in [-0.25, -0.2) is 13.5 Å². The molecule has 6 heteroatoms. The molecule has 1 aromatic heterocycles. The van der Waals surface area contributed by atoms with Gasteiger partial charge >= 0.3 is 0 Å². The lowest BCUT2D eigenvalue weighted by molar-refractivity contribution is 0.572. The van der Waals surface area contributed by atoms with Crippen LogP contribution in [0.4, 0.5) is 8.78 Å². The number of hydrogen-bond donors (Lipinski definition) is 0. The summed E-state index contributed by atoms with van der Waals surface area (Å²) in [6.45, 7) is 2.22. The first-order valence-corrected chi connectivity index (χ1v) is 5.95. The zero-order valence-electron chi connectivity index (χ0n) is 9.07. The van der Waals surface area contributed by atoms with Crippen molar-refractivity contribution in [3.05, 3.63) is 47.3 Å². The van der Waals surface area contributed by atoms with Crippen molar-refractivity contribution < 1.29 is 8.78 Å². The number of alkyl halides is 1. The average molecular weight is 302 g/mol. The number of hydrogen-bond acceptors (Lipinski definition) is 2. The maximum absolute atomic E-state index is 13.0. The number of nitrogens with zero attached hydrogens (tertiary/aromatic N) is 3. The molecule has 0 aliphatic carbocycles. The molecule has 0 bridgehead atoms. The third-order valence-electron chi connectivity index (χ3n) is 2.23.